The summed E-state index contributed by atoms with van der Waals surface area (Å²) >= 11 is -0.950. The Morgan fingerprint density at radius 1 is 0.977 bits per heavy atom. The molecule has 236 valence electrons. The van der Waals surface area contributed by atoms with E-state index >= 15 is 0 Å². The van der Waals surface area contributed by atoms with Crippen LogP contribution in [0.5, 0.6) is 0 Å². The quantitative estimate of drug-likeness (QED) is 0.160. The second kappa shape index (κ2) is 16.7. The predicted molar refractivity (Wildman–Crippen MR) is 182 cm³/mol. The molecule has 2 atom stereocenters. The summed E-state index contributed by atoms with van der Waals surface area (Å²) in [5.41, 5.74) is 3.84. The van der Waals surface area contributed by atoms with Crippen LogP contribution in [0.15, 0.2) is 77.7 Å². The molecule has 0 heterocycles. The molecule has 0 aliphatic heterocycles. The van der Waals surface area contributed by atoms with Crippen molar-refractivity contribution in [3.8, 4) is 11.1 Å². The fourth-order valence-electron chi connectivity index (χ4n) is 5.98. The maximum absolute atomic E-state index is 14.0. The van der Waals surface area contributed by atoms with Gasteiger partial charge in [-0.1, -0.05) is 0 Å². The Morgan fingerprint density at radius 3 is 2.36 bits per heavy atom. The van der Waals surface area contributed by atoms with E-state index in [4.69, 9.17) is 0 Å². The van der Waals surface area contributed by atoms with Crippen molar-refractivity contribution in [3.63, 3.8) is 0 Å². The summed E-state index contributed by atoms with van der Waals surface area (Å²) < 4.78 is 28.0. The summed E-state index contributed by atoms with van der Waals surface area (Å²) in [6.45, 7) is 1.98. The summed E-state index contributed by atoms with van der Waals surface area (Å²) in [4.78, 5) is 25.8. The SMILES string of the molecule is CSCC[C@H](NC(=O)c1ccc(C[As](CCCC2CCCCC2)S(=O)(=O)c2ccccc2)cc1-c1ccccc1C)C(=O)O. The molecular formula is C35H44AsNO5S2. The number of hydrogen-bond donors (Lipinski definition) is 2. The van der Waals surface area contributed by atoms with E-state index in [0.717, 1.165) is 34.7 Å². The van der Waals surface area contributed by atoms with E-state index in [1.807, 2.05) is 55.6 Å². The van der Waals surface area contributed by atoms with E-state index in [9.17, 15) is 23.1 Å². The number of carbonyl (C=O) groups excluding carboxylic acids is 1. The van der Waals surface area contributed by atoms with Crippen LogP contribution >= 0.6 is 11.8 Å². The molecule has 9 heteroatoms. The first kappa shape index (κ1) is 34.3. The predicted octanol–water partition coefficient (Wildman–Crippen LogP) is 7.51. The van der Waals surface area contributed by atoms with Crippen molar-refractivity contribution in [2.75, 3.05) is 12.0 Å². The number of carbonyl (C=O) groups is 2. The van der Waals surface area contributed by atoms with Crippen molar-refractivity contribution >= 4 is 45.2 Å². The Bertz CT molecular complexity index is 1510. The van der Waals surface area contributed by atoms with Crippen LogP contribution in [-0.4, -0.2) is 56.9 Å². The van der Waals surface area contributed by atoms with E-state index in [0.29, 0.717) is 39.3 Å². The van der Waals surface area contributed by atoms with Gasteiger partial charge in [-0.05, 0) is 0 Å². The fraction of sp³-hybridized carbons (Fsp3) is 0.429. The van der Waals surface area contributed by atoms with Gasteiger partial charge < -0.3 is 0 Å². The molecular weight excluding hydrogens is 653 g/mol. The molecule has 0 spiro atoms. The molecule has 6 nitrogen and oxygen atoms in total. The Balaban J connectivity index is 1.66. The average molecular weight is 698 g/mol. The topological polar surface area (TPSA) is 101 Å². The Hall–Kier alpha value is -2.54. The fourth-order valence-corrected chi connectivity index (χ4v) is 17.0. The van der Waals surface area contributed by atoms with Crippen molar-refractivity contribution in [1.29, 1.82) is 0 Å². The third-order valence-corrected chi connectivity index (χ3v) is 21.1. The van der Waals surface area contributed by atoms with Gasteiger partial charge in [0, 0.05) is 0 Å². The van der Waals surface area contributed by atoms with Crippen molar-refractivity contribution in [1.82, 2.24) is 5.32 Å². The summed E-state index contributed by atoms with van der Waals surface area (Å²) in [6.07, 6.45) is 10.6. The van der Waals surface area contributed by atoms with E-state index in [-0.39, 0.29) is 0 Å². The number of thioether (sulfide) groups is 1. The summed E-state index contributed by atoms with van der Waals surface area (Å²) in [7, 11) is -3.45. The summed E-state index contributed by atoms with van der Waals surface area (Å²) in [5, 5.41) is 13.6. The van der Waals surface area contributed by atoms with Crippen LogP contribution in [0.4, 0.5) is 0 Å². The molecule has 3 aromatic carbocycles. The zero-order valence-electron chi connectivity index (χ0n) is 25.7. The van der Waals surface area contributed by atoms with Gasteiger partial charge in [-0.15, -0.1) is 0 Å². The van der Waals surface area contributed by atoms with Crippen LogP contribution in [0.25, 0.3) is 11.1 Å². The molecule has 1 amide bonds. The van der Waals surface area contributed by atoms with Gasteiger partial charge in [-0.2, -0.15) is 0 Å². The second-order valence-electron chi connectivity index (χ2n) is 11.6. The second-order valence-corrected chi connectivity index (χ2v) is 23.4. The van der Waals surface area contributed by atoms with Crippen molar-refractivity contribution < 1.29 is 23.1 Å². The number of rotatable bonds is 15. The summed E-state index contributed by atoms with van der Waals surface area (Å²) in [6, 6.07) is 21.2. The molecule has 3 aromatic rings. The average Bonchev–Trinajstić information content (AvgIpc) is 3.03. The minimum absolute atomic E-state index is 0.325. The number of carboxylic acids is 1. The molecule has 1 aliphatic rings. The third kappa shape index (κ3) is 9.24. The third-order valence-electron chi connectivity index (χ3n) is 8.46. The molecule has 2 N–H and O–H groups in total. The maximum atomic E-state index is 14.0. The molecule has 0 radical (unpaired) electrons. The standard InChI is InChI=1S/C35H44AsNO5S2/c1-26-12-9-10-18-30(26)32-24-28(19-20-31(32)34(38)37-33(35(39)40)21-23-43-2)25-36(22-11-15-27-13-5-3-6-14-27)44(41,42)29-16-7-4-8-17-29/h4,7-10,12,16-20,24,27,33H,3,5-6,11,13-15,21-23,25H2,1-2H3,(H,37,38)(H,39,40)/t33-,36?/m0/s1. The summed E-state index contributed by atoms with van der Waals surface area (Å²) in [5.74, 6) is -0.184. The van der Waals surface area contributed by atoms with E-state index in [1.54, 1.807) is 30.3 Å². The van der Waals surface area contributed by atoms with Gasteiger partial charge in [0.15, 0.2) is 0 Å². The molecule has 1 aliphatic carbocycles. The number of benzene rings is 3. The number of aryl methyl sites for hydroxylation is 1. The Kier molecular flexibility index (Phi) is 13.0. The zero-order chi connectivity index (χ0) is 31.5. The van der Waals surface area contributed by atoms with E-state index < -0.39 is 39.5 Å². The number of hydrogen-bond acceptors (Lipinski definition) is 5. The number of carboxylic acid groups (broad SMARTS) is 1. The van der Waals surface area contributed by atoms with Crippen LogP contribution in [-0.2, 0) is 18.1 Å². The zero-order valence-corrected chi connectivity index (χ0v) is 29.2. The molecule has 0 bridgehead atoms. The van der Waals surface area contributed by atoms with Gasteiger partial charge in [0.2, 0.25) is 0 Å². The number of amides is 1. The van der Waals surface area contributed by atoms with Crippen molar-refractivity contribution in [2.45, 2.75) is 79.6 Å². The van der Waals surface area contributed by atoms with Crippen LogP contribution in [0.3, 0.4) is 0 Å². The molecule has 4 rings (SSSR count). The monoisotopic (exact) mass is 697 g/mol. The van der Waals surface area contributed by atoms with Crippen molar-refractivity contribution in [2.24, 2.45) is 5.92 Å². The van der Waals surface area contributed by atoms with Crippen LogP contribution in [0, 0.1) is 12.8 Å². The van der Waals surface area contributed by atoms with E-state index in [2.05, 4.69) is 5.32 Å². The molecule has 0 aromatic heterocycles. The first-order chi connectivity index (χ1) is 21.2. The van der Waals surface area contributed by atoms with Gasteiger partial charge in [-0.3, -0.25) is 0 Å². The van der Waals surface area contributed by atoms with Gasteiger partial charge in [0.05, 0.1) is 0 Å². The van der Waals surface area contributed by atoms with Gasteiger partial charge in [0.25, 0.3) is 0 Å². The first-order valence-corrected chi connectivity index (χ1v) is 23.3. The van der Waals surface area contributed by atoms with Gasteiger partial charge in [-0.25, -0.2) is 0 Å². The van der Waals surface area contributed by atoms with Gasteiger partial charge in [0.1, 0.15) is 0 Å². The van der Waals surface area contributed by atoms with E-state index in [1.165, 1.54) is 43.9 Å². The minimum atomic E-state index is -3.45. The molecule has 1 saturated carbocycles. The van der Waals surface area contributed by atoms with Crippen molar-refractivity contribution in [3.05, 3.63) is 89.5 Å². The van der Waals surface area contributed by atoms with Crippen LogP contribution < -0.4 is 5.32 Å². The van der Waals surface area contributed by atoms with Crippen LogP contribution in [0.1, 0.15) is 72.9 Å². The first-order valence-electron chi connectivity index (χ1n) is 15.5. The molecule has 0 saturated heterocycles. The Labute approximate surface area is 270 Å². The molecule has 1 unspecified atom stereocenters. The normalized spacial score (nSPS) is 15.4. The molecule has 1 fully saturated rings. The number of nitrogens with one attached hydrogen (secondary N) is 1. The van der Waals surface area contributed by atoms with Gasteiger partial charge >= 0.3 is 272 Å². The Morgan fingerprint density at radius 2 is 1.68 bits per heavy atom. The van der Waals surface area contributed by atoms with Crippen LogP contribution in [0.2, 0.25) is 5.21 Å². The molecule has 44 heavy (non-hydrogen) atoms. The number of aliphatic carboxylic acids is 1.